The van der Waals surface area contributed by atoms with Crippen molar-refractivity contribution in [1.29, 1.82) is 0 Å². The number of anilines is 1. The second-order valence-electron chi connectivity index (χ2n) is 5.56. The summed E-state index contributed by atoms with van der Waals surface area (Å²) >= 11 is 0. The Morgan fingerprint density at radius 3 is 2.36 bits per heavy atom. The lowest BCUT2D eigenvalue weighted by molar-refractivity contribution is 0.0961. The molecule has 0 saturated carbocycles. The van der Waals surface area contributed by atoms with Gasteiger partial charge in [0.1, 0.15) is 0 Å². The van der Waals surface area contributed by atoms with Gasteiger partial charge in [-0.1, -0.05) is 6.07 Å². The molecule has 1 heterocycles. The molecule has 0 bridgehead atoms. The number of nitrogens with one attached hydrogen (secondary N) is 2. The van der Waals surface area contributed by atoms with Gasteiger partial charge in [-0.15, -0.1) is 0 Å². The number of hydrogen-bond acceptors (Lipinski definition) is 3. The van der Waals surface area contributed by atoms with E-state index in [4.69, 9.17) is 0 Å². The zero-order chi connectivity index (χ0) is 17.8. The Labute approximate surface area is 145 Å². The van der Waals surface area contributed by atoms with Crippen LogP contribution < -0.4 is 10.6 Å². The van der Waals surface area contributed by atoms with Crippen LogP contribution in [-0.4, -0.2) is 28.6 Å². The van der Waals surface area contributed by atoms with E-state index >= 15 is 0 Å². The molecule has 0 fully saturated rings. The van der Waals surface area contributed by atoms with E-state index in [9.17, 15) is 9.59 Å². The monoisotopic (exact) mass is 334 g/mol. The van der Waals surface area contributed by atoms with Crippen molar-refractivity contribution < 1.29 is 9.59 Å². The van der Waals surface area contributed by atoms with Crippen molar-refractivity contribution in [2.75, 3.05) is 12.4 Å². The molecular formula is C19H18N4O2. The van der Waals surface area contributed by atoms with Crippen LogP contribution in [0.5, 0.6) is 0 Å². The molecule has 0 spiro atoms. The highest BCUT2D eigenvalue weighted by Gasteiger charge is 2.11. The van der Waals surface area contributed by atoms with E-state index in [1.165, 1.54) is 0 Å². The Morgan fingerprint density at radius 2 is 1.72 bits per heavy atom. The van der Waals surface area contributed by atoms with E-state index in [-0.39, 0.29) is 11.8 Å². The summed E-state index contributed by atoms with van der Waals surface area (Å²) < 4.78 is 1.72. The van der Waals surface area contributed by atoms with Gasteiger partial charge in [-0.25, -0.2) is 4.68 Å². The van der Waals surface area contributed by atoms with Crippen LogP contribution in [0.3, 0.4) is 0 Å². The minimum atomic E-state index is -0.232. The molecule has 2 N–H and O–H groups in total. The van der Waals surface area contributed by atoms with Crippen molar-refractivity contribution in [3.63, 3.8) is 0 Å². The number of carbonyl (C=O) groups is 2. The first-order chi connectivity index (χ1) is 12.1. The molecule has 2 aromatic carbocycles. The van der Waals surface area contributed by atoms with E-state index < -0.39 is 0 Å². The maximum Gasteiger partial charge on any atom is 0.255 e. The van der Waals surface area contributed by atoms with E-state index in [1.54, 1.807) is 48.3 Å². The third kappa shape index (κ3) is 3.58. The lowest BCUT2D eigenvalue weighted by atomic mass is 10.1. The number of aromatic nitrogens is 2. The van der Waals surface area contributed by atoms with Gasteiger partial charge in [0.25, 0.3) is 11.8 Å². The van der Waals surface area contributed by atoms with E-state index in [2.05, 4.69) is 15.7 Å². The number of aryl methyl sites for hydroxylation is 1. The molecule has 0 radical (unpaired) electrons. The number of carbonyl (C=O) groups excluding carboxylic acids is 2. The first-order valence-electron chi connectivity index (χ1n) is 7.82. The number of nitrogens with zero attached hydrogens (tertiary/aromatic N) is 2. The summed E-state index contributed by atoms with van der Waals surface area (Å²) in [4.78, 5) is 24.2. The van der Waals surface area contributed by atoms with Crippen LogP contribution in [0, 0.1) is 6.92 Å². The summed E-state index contributed by atoms with van der Waals surface area (Å²) in [5.41, 5.74) is 3.40. The lowest BCUT2D eigenvalue weighted by Crippen LogP contribution is -2.19. The van der Waals surface area contributed by atoms with Gasteiger partial charge < -0.3 is 10.6 Å². The Bertz CT molecular complexity index is 900. The average molecular weight is 334 g/mol. The van der Waals surface area contributed by atoms with Crippen LogP contribution in [0.4, 0.5) is 5.69 Å². The summed E-state index contributed by atoms with van der Waals surface area (Å²) in [5.74, 6) is -0.428. The standard InChI is InChI=1S/C19H18N4O2/c1-13-4-5-15(18(24)20-2)12-17(13)22-19(25)14-6-8-16(9-7-14)23-11-3-10-21-23/h3-12H,1-2H3,(H,20,24)(H,22,25). The Kier molecular flexibility index (Phi) is 4.61. The number of benzene rings is 2. The minimum absolute atomic E-state index is 0.195. The predicted octanol–water partition coefficient (Wildman–Crippen LogP) is 2.79. The topological polar surface area (TPSA) is 76.0 Å². The van der Waals surface area contributed by atoms with Gasteiger partial charge >= 0.3 is 0 Å². The summed E-state index contributed by atoms with van der Waals surface area (Å²) in [6.45, 7) is 1.88. The van der Waals surface area contributed by atoms with E-state index in [1.807, 2.05) is 31.3 Å². The van der Waals surface area contributed by atoms with Crippen LogP contribution in [0.15, 0.2) is 60.9 Å². The van der Waals surface area contributed by atoms with Crippen molar-refractivity contribution in [3.05, 3.63) is 77.6 Å². The van der Waals surface area contributed by atoms with Crippen molar-refractivity contribution in [2.45, 2.75) is 6.92 Å². The van der Waals surface area contributed by atoms with Crippen molar-refractivity contribution >= 4 is 17.5 Å². The highest BCUT2D eigenvalue weighted by atomic mass is 16.2. The van der Waals surface area contributed by atoms with Gasteiger partial charge in [0.05, 0.1) is 5.69 Å². The first-order valence-corrected chi connectivity index (χ1v) is 7.82. The van der Waals surface area contributed by atoms with Crippen LogP contribution in [0.2, 0.25) is 0 Å². The Morgan fingerprint density at radius 1 is 1.00 bits per heavy atom. The van der Waals surface area contributed by atoms with Gasteiger partial charge in [-0.05, 0) is 55.0 Å². The summed E-state index contributed by atoms with van der Waals surface area (Å²) in [6, 6.07) is 14.2. The molecule has 0 aliphatic rings. The molecule has 3 aromatic rings. The van der Waals surface area contributed by atoms with Crippen LogP contribution >= 0.6 is 0 Å². The normalized spacial score (nSPS) is 10.3. The number of rotatable bonds is 4. The SMILES string of the molecule is CNC(=O)c1ccc(C)c(NC(=O)c2ccc(-n3cccn3)cc2)c1. The molecule has 1 aromatic heterocycles. The highest BCUT2D eigenvalue weighted by molar-refractivity contribution is 6.05. The van der Waals surface area contributed by atoms with E-state index in [0.29, 0.717) is 16.8 Å². The molecule has 0 aliphatic carbocycles. The zero-order valence-electron chi connectivity index (χ0n) is 14.0. The fourth-order valence-corrected chi connectivity index (χ4v) is 2.42. The van der Waals surface area contributed by atoms with Gasteiger partial charge in [0.15, 0.2) is 0 Å². The van der Waals surface area contributed by atoms with E-state index in [0.717, 1.165) is 11.3 Å². The molecule has 0 saturated heterocycles. The molecule has 2 amide bonds. The lowest BCUT2D eigenvalue weighted by Gasteiger charge is -2.11. The fourth-order valence-electron chi connectivity index (χ4n) is 2.42. The Balaban J connectivity index is 1.79. The van der Waals surface area contributed by atoms with Crippen LogP contribution in [0.1, 0.15) is 26.3 Å². The summed E-state index contributed by atoms with van der Waals surface area (Å²) in [5, 5.41) is 9.58. The minimum Gasteiger partial charge on any atom is -0.355 e. The fraction of sp³-hybridized carbons (Fsp3) is 0.105. The second kappa shape index (κ2) is 7.00. The average Bonchev–Trinajstić information content (AvgIpc) is 3.17. The van der Waals surface area contributed by atoms with Gasteiger partial charge in [0.2, 0.25) is 0 Å². The summed E-state index contributed by atoms with van der Waals surface area (Å²) in [7, 11) is 1.57. The van der Waals surface area contributed by atoms with Crippen molar-refractivity contribution in [2.24, 2.45) is 0 Å². The second-order valence-corrected chi connectivity index (χ2v) is 5.56. The number of amides is 2. The maximum atomic E-state index is 12.5. The first kappa shape index (κ1) is 16.4. The van der Waals surface area contributed by atoms with Crippen LogP contribution in [-0.2, 0) is 0 Å². The number of hydrogen-bond donors (Lipinski definition) is 2. The zero-order valence-corrected chi connectivity index (χ0v) is 14.0. The van der Waals surface area contributed by atoms with Crippen molar-refractivity contribution in [3.8, 4) is 5.69 Å². The highest BCUT2D eigenvalue weighted by Crippen LogP contribution is 2.18. The molecule has 6 heteroatoms. The smallest absolute Gasteiger partial charge is 0.255 e. The molecule has 6 nitrogen and oxygen atoms in total. The predicted molar refractivity (Wildman–Crippen MR) is 96.1 cm³/mol. The van der Waals surface area contributed by atoms with Gasteiger partial charge in [-0.2, -0.15) is 5.10 Å². The molecule has 3 rings (SSSR count). The van der Waals surface area contributed by atoms with Gasteiger partial charge in [0, 0.05) is 36.3 Å². The summed E-state index contributed by atoms with van der Waals surface area (Å²) in [6.07, 6.45) is 3.53. The quantitative estimate of drug-likeness (QED) is 0.770. The molecule has 126 valence electrons. The van der Waals surface area contributed by atoms with Crippen molar-refractivity contribution in [1.82, 2.24) is 15.1 Å². The molecule has 0 atom stereocenters. The third-order valence-electron chi connectivity index (χ3n) is 3.87. The maximum absolute atomic E-state index is 12.5. The molecule has 0 aliphatic heterocycles. The third-order valence-corrected chi connectivity index (χ3v) is 3.87. The molecular weight excluding hydrogens is 316 g/mol. The Hall–Kier alpha value is -3.41. The molecule has 25 heavy (non-hydrogen) atoms. The van der Waals surface area contributed by atoms with Gasteiger partial charge in [-0.3, -0.25) is 9.59 Å². The largest absolute Gasteiger partial charge is 0.355 e. The van der Waals surface area contributed by atoms with Crippen LogP contribution in [0.25, 0.3) is 5.69 Å². The molecule has 0 unspecified atom stereocenters.